The van der Waals surface area contributed by atoms with Gasteiger partial charge in [0.25, 0.3) is 0 Å². The quantitative estimate of drug-likeness (QED) is 0.741. The van der Waals surface area contributed by atoms with Crippen molar-refractivity contribution in [3.8, 4) is 0 Å². The third kappa shape index (κ3) is 4.58. The minimum Gasteiger partial charge on any atom is -0.294 e. The lowest BCUT2D eigenvalue weighted by Gasteiger charge is -2.21. The predicted molar refractivity (Wildman–Crippen MR) is 88.0 cm³/mol. The largest absolute Gasteiger partial charge is 0.294 e. The van der Waals surface area contributed by atoms with E-state index in [1.54, 1.807) is 6.07 Å². The second-order valence-electron chi connectivity index (χ2n) is 5.09. The van der Waals surface area contributed by atoms with Gasteiger partial charge in [0.1, 0.15) is 0 Å². The molecule has 0 bridgehead atoms. The van der Waals surface area contributed by atoms with Gasteiger partial charge in [0.2, 0.25) is 13.8 Å². The molecule has 128 valence electrons. The first-order chi connectivity index (χ1) is 10.4. The van der Waals surface area contributed by atoms with Crippen LogP contribution in [0.5, 0.6) is 0 Å². The highest BCUT2D eigenvalue weighted by Gasteiger charge is 2.49. The van der Waals surface area contributed by atoms with Crippen LogP contribution in [-0.4, -0.2) is 44.0 Å². The van der Waals surface area contributed by atoms with E-state index >= 15 is 0 Å². The van der Waals surface area contributed by atoms with Crippen LogP contribution >= 0.6 is 34.8 Å². The van der Waals surface area contributed by atoms with E-state index in [1.165, 1.54) is 24.3 Å². The number of halogens is 3. The van der Waals surface area contributed by atoms with Crippen LogP contribution in [0.25, 0.3) is 0 Å². The molecule has 1 aliphatic heterocycles. The van der Waals surface area contributed by atoms with Gasteiger partial charge in [-0.2, -0.15) is 0 Å². The average molecular weight is 421 g/mol. The molecular weight excluding hydrogens is 409 g/mol. The molecule has 0 aliphatic carbocycles. The molecule has 1 fully saturated rings. The van der Waals surface area contributed by atoms with Gasteiger partial charge in [0, 0.05) is 6.04 Å². The maximum atomic E-state index is 12.3. The minimum absolute atomic E-state index is 0.0515. The summed E-state index contributed by atoms with van der Waals surface area (Å²) in [6, 6.07) is 6.17. The van der Waals surface area contributed by atoms with Crippen molar-refractivity contribution in [2.24, 2.45) is 5.92 Å². The van der Waals surface area contributed by atoms with Crippen LogP contribution in [0, 0.1) is 5.92 Å². The third-order valence-electron chi connectivity index (χ3n) is 3.33. The Hall–Kier alpha value is -0.380. The number of ketones is 1. The molecule has 1 N–H and O–H groups in total. The number of alkyl halides is 3. The lowest BCUT2D eigenvalue weighted by atomic mass is 10.0. The van der Waals surface area contributed by atoms with Crippen LogP contribution in [-0.2, 0) is 24.7 Å². The first-order valence-electron chi connectivity index (χ1n) is 6.31. The smallest absolute Gasteiger partial charge is 0.249 e. The zero-order valence-corrected chi connectivity index (χ0v) is 15.3. The Labute approximate surface area is 149 Å². The van der Waals surface area contributed by atoms with E-state index in [0.29, 0.717) is 0 Å². The number of carbonyl (C=O) groups is 1. The van der Waals surface area contributed by atoms with Crippen LogP contribution in [0.3, 0.4) is 0 Å². The number of hydrogen-bond acceptors (Lipinski definition) is 5. The maximum Gasteiger partial charge on any atom is 0.249 e. The molecule has 2 atom stereocenters. The van der Waals surface area contributed by atoms with Crippen molar-refractivity contribution in [2.45, 2.75) is 14.7 Å². The molecule has 1 aromatic carbocycles. The van der Waals surface area contributed by atoms with Crippen molar-refractivity contribution in [3.63, 3.8) is 0 Å². The Bertz CT molecular complexity index is 803. The van der Waals surface area contributed by atoms with E-state index in [1.807, 2.05) is 0 Å². The Morgan fingerprint density at radius 2 is 1.70 bits per heavy atom. The van der Waals surface area contributed by atoms with Gasteiger partial charge in [-0.1, -0.05) is 53.0 Å². The summed E-state index contributed by atoms with van der Waals surface area (Å²) >= 11 is 16.6. The Balaban J connectivity index is 2.31. The lowest BCUT2D eigenvalue weighted by molar-refractivity contribution is -0.121. The monoisotopic (exact) mass is 419 g/mol. The van der Waals surface area contributed by atoms with Gasteiger partial charge >= 0.3 is 0 Å². The molecule has 1 saturated heterocycles. The fraction of sp³-hybridized carbons (Fsp3) is 0.417. The lowest BCUT2D eigenvalue weighted by Crippen LogP contribution is -2.45. The molecule has 6 nitrogen and oxygen atoms in total. The number of sulfone groups is 1. The highest BCUT2D eigenvalue weighted by atomic mass is 35.6. The summed E-state index contributed by atoms with van der Waals surface area (Å²) in [5.74, 6) is -3.31. The SMILES string of the molecule is O=C([C@H]1CS(=O)(=O)C[C@H]1NS(=O)(=O)c1ccccc1)C(Cl)(Cl)Cl. The van der Waals surface area contributed by atoms with Crippen LogP contribution in [0.2, 0.25) is 0 Å². The molecule has 11 heteroatoms. The summed E-state index contributed by atoms with van der Waals surface area (Å²) in [6.45, 7) is 0. The van der Waals surface area contributed by atoms with Crippen molar-refractivity contribution in [3.05, 3.63) is 30.3 Å². The van der Waals surface area contributed by atoms with Crippen LogP contribution < -0.4 is 4.72 Å². The summed E-state index contributed by atoms with van der Waals surface area (Å²) in [4.78, 5) is 12.0. The highest BCUT2D eigenvalue weighted by molar-refractivity contribution is 7.92. The zero-order valence-electron chi connectivity index (χ0n) is 11.4. The van der Waals surface area contributed by atoms with Gasteiger partial charge in [0.15, 0.2) is 15.6 Å². The van der Waals surface area contributed by atoms with E-state index < -0.39 is 52.9 Å². The summed E-state index contributed by atoms with van der Waals surface area (Å²) in [6.07, 6.45) is 0. The number of carbonyl (C=O) groups excluding carboxylic acids is 1. The number of benzene rings is 1. The summed E-state index contributed by atoms with van der Waals surface area (Å²) in [5, 5.41) is 0. The molecule has 2 rings (SSSR count). The Kier molecular flexibility index (Phi) is 5.35. The molecule has 1 heterocycles. The number of hydrogen-bond donors (Lipinski definition) is 1. The zero-order chi connectivity index (χ0) is 17.5. The summed E-state index contributed by atoms with van der Waals surface area (Å²) in [7, 11) is -7.63. The van der Waals surface area contributed by atoms with Crippen LogP contribution in [0.1, 0.15) is 0 Å². The highest BCUT2D eigenvalue weighted by Crippen LogP contribution is 2.34. The van der Waals surface area contributed by atoms with Crippen LogP contribution in [0.4, 0.5) is 0 Å². The summed E-state index contributed by atoms with van der Waals surface area (Å²) in [5.41, 5.74) is 0. The molecular formula is C12H12Cl3NO5S2. The van der Waals surface area contributed by atoms with E-state index in [0.717, 1.165) is 0 Å². The van der Waals surface area contributed by atoms with Gasteiger partial charge < -0.3 is 0 Å². The van der Waals surface area contributed by atoms with Gasteiger partial charge in [-0.05, 0) is 12.1 Å². The Morgan fingerprint density at radius 3 is 2.22 bits per heavy atom. The van der Waals surface area contributed by atoms with E-state index in [2.05, 4.69) is 4.72 Å². The molecule has 0 spiro atoms. The minimum atomic E-state index is -4.00. The number of nitrogens with one attached hydrogen (secondary N) is 1. The van der Waals surface area contributed by atoms with Gasteiger partial charge in [-0.25, -0.2) is 21.6 Å². The second kappa shape index (κ2) is 6.50. The third-order valence-corrected chi connectivity index (χ3v) is 7.13. The Morgan fingerprint density at radius 1 is 1.13 bits per heavy atom. The van der Waals surface area contributed by atoms with Crippen molar-refractivity contribution >= 4 is 60.4 Å². The topological polar surface area (TPSA) is 97.4 Å². The maximum absolute atomic E-state index is 12.3. The second-order valence-corrected chi connectivity index (χ2v) is 11.2. The number of sulfonamides is 1. The molecule has 0 aromatic heterocycles. The molecule has 1 aliphatic rings. The number of Topliss-reactive ketones (excluding diaryl/α,β-unsaturated/α-hetero) is 1. The van der Waals surface area contributed by atoms with Crippen molar-refractivity contribution < 1.29 is 21.6 Å². The van der Waals surface area contributed by atoms with E-state index in [-0.39, 0.29) is 4.90 Å². The fourth-order valence-electron chi connectivity index (χ4n) is 2.30. The number of rotatable bonds is 4. The first-order valence-corrected chi connectivity index (χ1v) is 10.7. The van der Waals surface area contributed by atoms with Crippen LogP contribution in [0.15, 0.2) is 35.2 Å². The molecule has 0 unspecified atom stereocenters. The molecule has 23 heavy (non-hydrogen) atoms. The van der Waals surface area contributed by atoms with Crippen molar-refractivity contribution in [1.29, 1.82) is 0 Å². The molecule has 0 saturated carbocycles. The van der Waals surface area contributed by atoms with Gasteiger partial charge in [-0.3, -0.25) is 4.79 Å². The average Bonchev–Trinajstić information content (AvgIpc) is 2.72. The van der Waals surface area contributed by atoms with Gasteiger partial charge in [-0.15, -0.1) is 0 Å². The fourth-order valence-corrected chi connectivity index (χ4v) is 6.05. The molecule has 0 radical (unpaired) electrons. The van der Waals surface area contributed by atoms with E-state index in [4.69, 9.17) is 34.8 Å². The van der Waals surface area contributed by atoms with Gasteiger partial charge in [0.05, 0.1) is 22.3 Å². The van der Waals surface area contributed by atoms with Crippen molar-refractivity contribution in [2.75, 3.05) is 11.5 Å². The van der Waals surface area contributed by atoms with Crippen molar-refractivity contribution in [1.82, 2.24) is 4.72 Å². The predicted octanol–water partition coefficient (Wildman–Crippen LogP) is 1.32. The normalized spacial score (nSPS) is 24.5. The standard InChI is InChI=1S/C12H12Cl3NO5S2/c13-12(14,15)11(17)9-6-22(18,19)7-10(9)16-23(20,21)8-4-2-1-3-5-8/h1-5,9-10,16H,6-7H2/t9-,10+/m0/s1. The first kappa shape index (κ1) is 19.0. The molecule has 1 aromatic rings. The van der Waals surface area contributed by atoms with E-state index in [9.17, 15) is 21.6 Å². The molecule has 0 amide bonds. The summed E-state index contributed by atoms with van der Waals surface area (Å²) < 4.78 is 48.1.